The minimum Gasteiger partial charge on any atom is -0.322 e. The van der Waals surface area contributed by atoms with Crippen LogP contribution >= 0.6 is 11.6 Å². The zero-order valence-corrected chi connectivity index (χ0v) is 17.1. The van der Waals surface area contributed by atoms with Crippen LogP contribution in [0.4, 0.5) is 5.69 Å². The van der Waals surface area contributed by atoms with Gasteiger partial charge in [-0.2, -0.15) is 5.26 Å². The molecule has 1 aliphatic heterocycles. The summed E-state index contributed by atoms with van der Waals surface area (Å²) in [5.41, 5.74) is 2.57. The Morgan fingerprint density at radius 3 is 2.90 bits per heavy atom. The summed E-state index contributed by atoms with van der Waals surface area (Å²) in [5, 5.41) is 21.3. The molecular weight excluding hydrogens is 398 g/mol. The van der Waals surface area contributed by atoms with Gasteiger partial charge in [-0.15, -0.1) is 10.2 Å². The molecule has 0 spiro atoms. The summed E-state index contributed by atoms with van der Waals surface area (Å²) >= 11 is 6.44. The maximum Gasteiger partial charge on any atom is 0.248 e. The van der Waals surface area contributed by atoms with Crippen LogP contribution in [0.25, 0.3) is 17.5 Å². The Morgan fingerprint density at radius 2 is 2.03 bits per heavy atom. The average Bonchev–Trinajstić information content (AvgIpc) is 3.01. The molecule has 3 aromatic rings. The van der Waals surface area contributed by atoms with E-state index in [1.807, 2.05) is 12.1 Å². The van der Waals surface area contributed by atoms with Gasteiger partial charge in [-0.1, -0.05) is 36.2 Å². The number of hydrogen-bond donors (Lipinski definition) is 1. The minimum absolute atomic E-state index is 0.295. The largest absolute Gasteiger partial charge is 0.322 e. The number of nitrogens with one attached hydrogen (secondary N) is 1. The summed E-state index contributed by atoms with van der Waals surface area (Å²) in [6.07, 6.45) is 7.32. The van der Waals surface area contributed by atoms with Crippen molar-refractivity contribution >= 4 is 29.3 Å². The first-order valence-electron chi connectivity index (χ1n) is 9.86. The molecule has 1 amide bonds. The molecular formula is C23H20ClN5O. The fourth-order valence-corrected chi connectivity index (χ4v) is 3.75. The zero-order valence-electron chi connectivity index (χ0n) is 16.3. The molecule has 0 saturated carbocycles. The van der Waals surface area contributed by atoms with Gasteiger partial charge in [0, 0.05) is 30.3 Å². The molecule has 7 heteroatoms. The number of aromatic nitrogens is 3. The molecule has 0 radical (unpaired) electrons. The Morgan fingerprint density at radius 1 is 1.17 bits per heavy atom. The minimum atomic E-state index is -0.295. The number of carbonyl (C=O) groups excluding carboxylic acids is 1. The Balaban J connectivity index is 1.56. The molecule has 1 aliphatic rings. The third kappa shape index (κ3) is 4.27. The second-order valence-corrected chi connectivity index (χ2v) is 7.53. The molecule has 2 heterocycles. The molecule has 0 bridgehead atoms. The second-order valence-electron chi connectivity index (χ2n) is 7.12. The number of nitrogens with zero attached hydrogens (tertiary/aromatic N) is 4. The van der Waals surface area contributed by atoms with E-state index in [2.05, 4.69) is 26.2 Å². The van der Waals surface area contributed by atoms with Crippen LogP contribution in [0.1, 0.15) is 36.2 Å². The molecule has 0 atom stereocenters. The van der Waals surface area contributed by atoms with Crippen LogP contribution in [-0.2, 0) is 17.8 Å². The van der Waals surface area contributed by atoms with Gasteiger partial charge in [0.25, 0.3) is 0 Å². The Kier molecular flexibility index (Phi) is 5.92. The molecule has 4 rings (SSSR count). The van der Waals surface area contributed by atoms with Crippen LogP contribution in [0.3, 0.4) is 0 Å². The van der Waals surface area contributed by atoms with Gasteiger partial charge in [0.1, 0.15) is 5.82 Å². The molecule has 0 aliphatic carbocycles. The standard InChI is InChI=1S/C23H20ClN5O/c24-20-11-10-18(26-22(30)12-9-16-6-3-4-7-17(16)15-25)14-19(20)23-28-27-21-8-2-1-5-13-29(21)23/h3-4,6-7,9-12,14H,1-2,5,8,13H2,(H,26,30)/b12-9+. The highest BCUT2D eigenvalue weighted by atomic mass is 35.5. The topological polar surface area (TPSA) is 83.6 Å². The van der Waals surface area contributed by atoms with Crippen LogP contribution in [0, 0.1) is 11.3 Å². The van der Waals surface area contributed by atoms with E-state index in [1.54, 1.807) is 36.4 Å². The average molecular weight is 418 g/mol. The molecule has 0 fully saturated rings. The number of benzene rings is 2. The number of hydrogen-bond acceptors (Lipinski definition) is 4. The Labute approximate surface area is 179 Å². The van der Waals surface area contributed by atoms with Crippen molar-refractivity contribution in [1.82, 2.24) is 14.8 Å². The van der Waals surface area contributed by atoms with Gasteiger partial charge in [-0.25, -0.2) is 0 Å². The SMILES string of the molecule is N#Cc1ccccc1/C=C/C(=O)Nc1ccc(Cl)c(-c2nnc3n2CCCCC3)c1. The van der Waals surface area contributed by atoms with Crippen molar-refractivity contribution in [2.24, 2.45) is 0 Å². The first-order chi connectivity index (χ1) is 14.7. The van der Waals surface area contributed by atoms with Crippen LogP contribution in [0.2, 0.25) is 5.02 Å². The first kappa shape index (κ1) is 19.9. The summed E-state index contributed by atoms with van der Waals surface area (Å²) in [6.45, 7) is 0.867. The summed E-state index contributed by atoms with van der Waals surface area (Å²) in [7, 11) is 0. The van der Waals surface area contributed by atoms with Gasteiger partial charge < -0.3 is 9.88 Å². The number of aryl methyl sites for hydroxylation is 1. The predicted octanol–water partition coefficient (Wildman–Crippen LogP) is 4.85. The van der Waals surface area contributed by atoms with E-state index >= 15 is 0 Å². The normalized spacial score (nSPS) is 13.5. The third-order valence-electron chi connectivity index (χ3n) is 5.08. The van der Waals surface area contributed by atoms with Gasteiger partial charge >= 0.3 is 0 Å². The van der Waals surface area contributed by atoms with Gasteiger partial charge in [0.2, 0.25) is 5.91 Å². The first-order valence-corrected chi connectivity index (χ1v) is 10.2. The maximum absolute atomic E-state index is 12.4. The highest BCUT2D eigenvalue weighted by Crippen LogP contribution is 2.31. The van der Waals surface area contributed by atoms with Gasteiger partial charge in [0.15, 0.2) is 5.82 Å². The summed E-state index contributed by atoms with van der Waals surface area (Å²) in [6, 6.07) is 14.6. The van der Waals surface area contributed by atoms with E-state index in [0.717, 1.165) is 43.0 Å². The van der Waals surface area contributed by atoms with E-state index in [0.29, 0.717) is 21.8 Å². The van der Waals surface area contributed by atoms with Crippen LogP contribution in [0.15, 0.2) is 48.5 Å². The zero-order chi connectivity index (χ0) is 20.9. The smallest absolute Gasteiger partial charge is 0.248 e. The van der Waals surface area contributed by atoms with Crippen LogP contribution in [-0.4, -0.2) is 20.7 Å². The van der Waals surface area contributed by atoms with Gasteiger partial charge in [-0.3, -0.25) is 4.79 Å². The monoisotopic (exact) mass is 417 g/mol. The van der Waals surface area contributed by atoms with E-state index < -0.39 is 0 Å². The molecule has 30 heavy (non-hydrogen) atoms. The van der Waals surface area contributed by atoms with Crippen LogP contribution < -0.4 is 5.32 Å². The van der Waals surface area contributed by atoms with E-state index in [1.165, 1.54) is 12.5 Å². The maximum atomic E-state index is 12.4. The van der Waals surface area contributed by atoms with Gasteiger partial charge in [-0.05, 0) is 48.7 Å². The number of carbonyl (C=O) groups is 1. The molecule has 2 aromatic carbocycles. The summed E-state index contributed by atoms with van der Waals surface area (Å²) in [5.74, 6) is 1.41. The van der Waals surface area contributed by atoms with Crippen molar-refractivity contribution in [3.05, 3.63) is 70.5 Å². The summed E-state index contributed by atoms with van der Waals surface area (Å²) < 4.78 is 2.12. The molecule has 0 unspecified atom stereocenters. The molecule has 0 saturated heterocycles. The number of halogens is 1. The van der Waals surface area contributed by atoms with E-state index in [4.69, 9.17) is 16.9 Å². The fourth-order valence-electron chi connectivity index (χ4n) is 3.55. The van der Waals surface area contributed by atoms with Crippen molar-refractivity contribution in [1.29, 1.82) is 5.26 Å². The fraction of sp³-hybridized carbons (Fsp3) is 0.217. The highest BCUT2D eigenvalue weighted by molar-refractivity contribution is 6.33. The lowest BCUT2D eigenvalue weighted by molar-refractivity contribution is -0.111. The Bertz CT molecular complexity index is 1160. The second kappa shape index (κ2) is 8.93. The summed E-state index contributed by atoms with van der Waals surface area (Å²) in [4.78, 5) is 12.4. The van der Waals surface area contributed by atoms with Crippen molar-refractivity contribution < 1.29 is 4.79 Å². The lowest BCUT2D eigenvalue weighted by Gasteiger charge is -2.10. The number of fused-ring (bicyclic) bond motifs is 1. The number of nitriles is 1. The molecule has 1 N–H and O–H groups in total. The van der Waals surface area contributed by atoms with Crippen molar-refractivity contribution in [3.63, 3.8) is 0 Å². The molecule has 6 nitrogen and oxygen atoms in total. The van der Waals surface area contributed by atoms with Gasteiger partial charge in [0.05, 0.1) is 16.7 Å². The predicted molar refractivity (Wildman–Crippen MR) is 117 cm³/mol. The van der Waals surface area contributed by atoms with E-state index in [-0.39, 0.29) is 5.91 Å². The molecule has 1 aromatic heterocycles. The van der Waals surface area contributed by atoms with Crippen molar-refractivity contribution in [3.8, 4) is 17.5 Å². The lowest BCUT2D eigenvalue weighted by atomic mass is 10.1. The highest BCUT2D eigenvalue weighted by Gasteiger charge is 2.18. The van der Waals surface area contributed by atoms with Crippen molar-refractivity contribution in [2.45, 2.75) is 32.2 Å². The van der Waals surface area contributed by atoms with Crippen LogP contribution in [0.5, 0.6) is 0 Å². The van der Waals surface area contributed by atoms with Crippen molar-refractivity contribution in [2.75, 3.05) is 5.32 Å². The lowest BCUT2D eigenvalue weighted by Crippen LogP contribution is -2.08. The molecule has 150 valence electrons. The Hall–Kier alpha value is -3.43. The quantitative estimate of drug-likeness (QED) is 0.615. The number of rotatable bonds is 4. The number of anilines is 1. The number of amides is 1. The third-order valence-corrected chi connectivity index (χ3v) is 5.41. The van der Waals surface area contributed by atoms with E-state index in [9.17, 15) is 4.79 Å².